The van der Waals surface area contributed by atoms with Gasteiger partial charge in [-0.3, -0.25) is 0 Å². The summed E-state index contributed by atoms with van der Waals surface area (Å²) >= 11 is 1.82. The molecule has 0 saturated carbocycles. The van der Waals surface area contributed by atoms with Crippen molar-refractivity contribution in [3.63, 3.8) is 0 Å². The van der Waals surface area contributed by atoms with Gasteiger partial charge in [-0.15, -0.1) is 11.3 Å². The molecule has 0 radical (unpaired) electrons. The van der Waals surface area contributed by atoms with Gasteiger partial charge in [0.25, 0.3) is 0 Å². The first-order valence-corrected chi connectivity index (χ1v) is 6.46. The topological polar surface area (TPSA) is 0 Å². The molecule has 0 unspecified atom stereocenters. The van der Waals surface area contributed by atoms with E-state index in [0.717, 1.165) is 0 Å². The van der Waals surface area contributed by atoms with Gasteiger partial charge in [-0.2, -0.15) is 0 Å². The molecule has 1 aromatic heterocycles. The van der Waals surface area contributed by atoms with Crippen LogP contribution in [0.25, 0.3) is 12.2 Å². The lowest BCUT2D eigenvalue weighted by Gasteiger charge is -1.89. The highest BCUT2D eigenvalue weighted by molar-refractivity contribution is 7.12. The first kappa shape index (κ1) is 12.7. The van der Waals surface area contributed by atoms with Gasteiger partial charge in [-0.05, 0) is 30.7 Å². The van der Waals surface area contributed by atoms with Crippen molar-refractivity contribution in [3.05, 3.63) is 57.8 Å². The highest BCUT2D eigenvalue weighted by Gasteiger charge is 1.90. The summed E-state index contributed by atoms with van der Waals surface area (Å²) in [5.41, 5.74) is 1.25. The zero-order valence-electron chi connectivity index (χ0n) is 10.1. The monoisotopic (exact) mass is 230 g/mol. The van der Waals surface area contributed by atoms with Crippen molar-refractivity contribution in [1.29, 1.82) is 0 Å². The number of rotatable bonds is 2. The van der Waals surface area contributed by atoms with Gasteiger partial charge in [0, 0.05) is 9.75 Å². The largest absolute Gasteiger partial charge is 0.141 e. The Balaban J connectivity index is 0.000000606. The van der Waals surface area contributed by atoms with Crippen molar-refractivity contribution >= 4 is 23.5 Å². The number of hydrogen-bond acceptors (Lipinski definition) is 1. The maximum absolute atomic E-state index is 2.16. The van der Waals surface area contributed by atoms with E-state index >= 15 is 0 Å². The first-order chi connectivity index (χ1) is 7.84. The molecular formula is C15H18S. The summed E-state index contributed by atoms with van der Waals surface area (Å²) in [6.45, 7) is 6.13. The maximum atomic E-state index is 2.16. The molecule has 2 aromatic rings. The highest BCUT2D eigenvalue weighted by Crippen LogP contribution is 2.17. The van der Waals surface area contributed by atoms with Crippen molar-refractivity contribution < 1.29 is 0 Å². The van der Waals surface area contributed by atoms with Crippen molar-refractivity contribution in [2.24, 2.45) is 0 Å². The number of thiophene rings is 1. The van der Waals surface area contributed by atoms with Crippen LogP contribution in [0.4, 0.5) is 0 Å². The molecule has 0 atom stereocenters. The zero-order valence-corrected chi connectivity index (χ0v) is 10.9. The predicted octanol–water partition coefficient (Wildman–Crippen LogP) is 5.25. The summed E-state index contributed by atoms with van der Waals surface area (Å²) in [7, 11) is 0. The van der Waals surface area contributed by atoms with Crippen LogP contribution in [-0.4, -0.2) is 0 Å². The summed E-state index contributed by atoms with van der Waals surface area (Å²) in [5.74, 6) is 0. The van der Waals surface area contributed by atoms with Gasteiger partial charge < -0.3 is 0 Å². The molecular weight excluding hydrogens is 212 g/mol. The normalized spacial score (nSPS) is 9.94. The second kappa shape index (κ2) is 7.02. The molecule has 0 aliphatic rings. The van der Waals surface area contributed by atoms with E-state index in [4.69, 9.17) is 0 Å². The molecule has 1 heteroatoms. The quantitative estimate of drug-likeness (QED) is 0.660. The Morgan fingerprint density at radius 3 is 2.12 bits per heavy atom. The van der Waals surface area contributed by atoms with Gasteiger partial charge in [0.05, 0.1) is 0 Å². The smallest absolute Gasteiger partial charge is 0.0273 e. The minimum absolute atomic E-state index is 1.25. The standard InChI is InChI=1S/C13H12S.C2H6/c1-11-7-9-13(14-11)10-8-12-5-3-2-4-6-12;1-2/h2-10H,1H3;1-2H3/b10-8+;. The van der Waals surface area contributed by atoms with E-state index in [9.17, 15) is 0 Å². The second-order valence-corrected chi connectivity index (χ2v) is 4.51. The van der Waals surface area contributed by atoms with Gasteiger partial charge in [0.2, 0.25) is 0 Å². The lowest BCUT2D eigenvalue weighted by Crippen LogP contribution is -1.67. The molecule has 0 N–H and O–H groups in total. The third-order valence-corrected chi connectivity index (χ3v) is 2.97. The van der Waals surface area contributed by atoms with Crippen LogP contribution < -0.4 is 0 Å². The minimum Gasteiger partial charge on any atom is -0.141 e. The highest BCUT2D eigenvalue weighted by atomic mass is 32.1. The molecule has 0 amide bonds. The first-order valence-electron chi connectivity index (χ1n) is 5.64. The third-order valence-electron chi connectivity index (χ3n) is 2.00. The van der Waals surface area contributed by atoms with Crippen LogP contribution in [0.15, 0.2) is 42.5 Å². The summed E-state index contributed by atoms with van der Waals surface area (Å²) in [5, 5.41) is 0. The molecule has 1 heterocycles. The molecule has 16 heavy (non-hydrogen) atoms. The number of hydrogen-bond donors (Lipinski definition) is 0. The SMILES string of the molecule is CC.Cc1ccc(/C=C/c2ccccc2)s1. The molecule has 0 bridgehead atoms. The van der Waals surface area contributed by atoms with E-state index in [1.165, 1.54) is 15.3 Å². The van der Waals surface area contributed by atoms with Crippen LogP contribution in [0.5, 0.6) is 0 Å². The summed E-state index contributed by atoms with van der Waals surface area (Å²) in [4.78, 5) is 2.67. The van der Waals surface area contributed by atoms with Gasteiger partial charge in [-0.1, -0.05) is 50.3 Å². The molecule has 0 fully saturated rings. The van der Waals surface area contributed by atoms with Gasteiger partial charge in [0.15, 0.2) is 0 Å². The van der Waals surface area contributed by atoms with Gasteiger partial charge in [0.1, 0.15) is 0 Å². The summed E-state index contributed by atoms with van der Waals surface area (Å²) < 4.78 is 0. The predicted molar refractivity (Wildman–Crippen MR) is 75.8 cm³/mol. The molecule has 0 saturated heterocycles. The van der Waals surface area contributed by atoms with E-state index in [2.05, 4.69) is 55.5 Å². The van der Waals surface area contributed by atoms with Crippen molar-refractivity contribution in [1.82, 2.24) is 0 Å². The fourth-order valence-corrected chi connectivity index (χ4v) is 2.07. The van der Waals surface area contributed by atoms with Crippen molar-refractivity contribution in [3.8, 4) is 0 Å². The van der Waals surface area contributed by atoms with Gasteiger partial charge in [-0.25, -0.2) is 0 Å². The van der Waals surface area contributed by atoms with Crippen LogP contribution >= 0.6 is 11.3 Å². The Hall–Kier alpha value is -1.34. The van der Waals surface area contributed by atoms with E-state index in [0.29, 0.717) is 0 Å². The number of benzene rings is 1. The number of aryl methyl sites for hydroxylation is 1. The van der Waals surface area contributed by atoms with Crippen LogP contribution in [0.1, 0.15) is 29.2 Å². The lowest BCUT2D eigenvalue weighted by molar-refractivity contribution is 1.50. The second-order valence-electron chi connectivity index (χ2n) is 3.19. The molecule has 0 spiro atoms. The fourth-order valence-electron chi connectivity index (χ4n) is 1.29. The molecule has 84 valence electrons. The molecule has 0 aliphatic carbocycles. The lowest BCUT2D eigenvalue weighted by atomic mass is 10.2. The van der Waals surface area contributed by atoms with E-state index < -0.39 is 0 Å². The molecule has 2 rings (SSSR count). The van der Waals surface area contributed by atoms with Crippen LogP contribution in [0, 0.1) is 6.92 Å². The minimum atomic E-state index is 1.25. The van der Waals surface area contributed by atoms with Crippen molar-refractivity contribution in [2.75, 3.05) is 0 Å². The van der Waals surface area contributed by atoms with E-state index in [-0.39, 0.29) is 0 Å². The fraction of sp³-hybridized carbons (Fsp3) is 0.200. The average Bonchev–Trinajstić information content (AvgIpc) is 2.77. The summed E-state index contributed by atoms with van der Waals surface area (Å²) in [6.07, 6.45) is 4.30. The maximum Gasteiger partial charge on any atom is 0.0273 e. The van der Waals surface area contributed by atoms with E-state index in [1.807, 2.05) is 31.3 Å². The van der Waals surface area contributed by atoms with Gasteiger partial charge >= 0.3 is 0 Å². The van der Waals surface area contributed by atoms with Crippen molar-refractivity contribution in [2.45, 2.75) is 20.8 Å². The van der Waals surface area contributed by atoms with Crippen LogP contribution in [0.3, 0.4) is 0 Å². The van der Waals surface area contributed by atoms with E-state index in [1.54, 1.807) is 0 Å². The van der Waals surface area contributed by atoms with Crippen LogP contribution in [0.2, 0.25) is 0 Å². The average molecular weight is 230 g/mol. The zero-order chi connectivity index (χ0) is 11.8. The Kier molecular flexibility index (Phi) is 5.58. The Morgan fingerprint density at radius 1 is 0.875 bits per heavy atom. The molecule has 0 aliphatic heterocycles. The summed E-state index contributed by atoms with van der Waals surface area (Å²) in [6, 6.07) is 14.7. The molecule has 1 aromatic carbocycles. The van der Waals surface area contributed by atoms with Crippen LogP contribution in [-0.2, 0) is 0 Å². The Bertz CT molecular complexity index is 424. The molecule has 0 nitrogen and oxygen atoms in total. The third kappa shape index (κ3) is 4.03. The Morgan fingerprint density at radius 2 is 1.56 bits per heavy atom. The Labute approximate surface area is 102 Å².